The number of aromatic nitrogens is 4. The van der Waals surface area contributed by atoms with E-state index in [1.165, 1.54) is 0 Å². The van der Waals surface area contributed by atoms with Crippen LogP contribution in [0.25, 0.3) is 46.4 Å². The van der Waals surface area contributed by atoms with Gasteiger partial charge in [0.1, 0.15) is 0 Å². The molecule has 8 heteroatoms. The zero-order chi connectivity index (χ0) is 19.5. The molecule has 0 spiro atoms. The minimum absolute atomic E-state index is 0.939. The van der Waals surface area contributed by atoms with E-state index in [9.17, 15) is 0 Å². The molecule has 0 fully saturated rings. The molecule has 3 aromatic heterocycles. The molecule has 0 atom stereocenters. The maximum atomic E-state index is 4.95. The third-order valence-electron chi connectivity index (χ3n) is 4.04. The van der Waals surface area contributed by atoms with E-state index in [1.54, 1.807) is 0 Å². The Balaban J connectivity index is 0.000000442. The van der Waals surface area contributed by atoms with Crippen LogP contribution in [0.4, 0.5) is 0 Å². The summed E-state index contributed by atoms with van der Waals surface area (Å²) in [7, 11) is 14.9. The second-order valence-corrected chi connectivity index (χ2v) is 15.4. The molecule has 0 unspecified atom stereocenters. The maximum absolute atomic E-state index is 4.95. The number of nitrogens with one attached hydrogen (secondary N) is 2. The molecule has 28 heavy (non-hydrogen) atoms. The summed E-state index contributed by atoms with van der Waals surface area (Å²) in [6.07, 6.45) is 8.09. The molecule has 5 rings (SSSR count). The van der Waals surface area contributed by atoms with E-state index in [0.717, 1.165) is 44.8 Å². The molecule has 2 N–H and O–H groups in total. The van der Waals surface area contributed by atoms with Crippen LogP contribution in [0.5, 0.6) is 0 Å². The van der Waals surface area contributed by atoms with Crippen LogP contribution in [-0.2, 0) is 15.2 Å². The number of hydrogen-bond acceptors (Lipinski definition) is 2. The summed E-state index contributed by atoms with van der Waals surface area (Å²) < 4.78 is 0. The van der Waals surface area contributed by atoms with Gasteiger partial charge >= 0.3 is 42.8 Å². The molecule has 2 aliphatic rings. The molecule has 0 amide bonds. The van der Waals surface area contributed by atoms with Crippen molar-refractivity contribution in [2.24, 2.45) is 0 Å². The van der Waals surface area contributed by atoms with Crippen LogP contribution < -0.4 is 0 Å². The van der Waals surface area contributed by atoms with Crippen LogP contribution in [0.1, 0.15) is 22.8 Å². The zero-order valence-electron chi connectivity index (χ0n) is 14.3. The van der Waals surface area contributed by atoms with Gasteiger partial charge in [0, 0.05) is 22.1 Å². The van der Waals surface area contributed by atoms with Crippen LogP contribution in [0, 0.1) is 0 Å². The number of H-pyrrole nitrogens is 2. The molecule has 5 heterocycles. The van der Waals surface area contributed by atoms with Crippen molar-refractivity contribution in [1.82, 2.24) is 19.9 Å². The third-order valence-corrected chi connectivity index (χ3v) is 4.04. The monoisotopic (exact) mass is 612 g/mol. The fourth-order valence-corrected chi connectivity index (χ4v) is 2.94. The van der Waals surface area contributed by atoms with E-state index >= 15 is 0 Å². The first-order valence-corrected chi connectivity index (χ1v) is 16.2. The second kappa shape index (κ2) is 8.70. The number of nitrogens with zero attached hydrogens (tertiary/aromatic N) is 2. The van der Waals surface area contributed by atoms with Gasteiger partial charge in [-0.05, 0) is 72.8 Å². The van der Waals surface area contributed by atoms with Gasteiger partial charge in [0.15, 0.2) is 0 Å². The van der Waals surface area contributed by atoms with Gasteiger partial charge in [0.05, 0.1) is 22.8 Å². The Labute approximate surface area is 179 Å². The summed E-state index contributed by atoms with van der Waals surface area (Å²) in [6, 6.07) is 16.4. The average molecular weight is 614 g/mol. The Morgan fingerprint density at radius 3 is 1.04 bits per heavy atom. The van der Waals surface area contributed by atoms with Crippen LogP contribution in [0.3, 0.4) is 0 Å². The molecule has 0 aromatic carbocycles. The predicted octanol–water partition coefficient (Wildman–Crippen LogP) is 6.72. The van der Waals surface area contributed by atoms with Crippen molar-refractivity contribution in [2.45, 2.75) is 0 Å². The topological polar surface area (TPSA) is 57.4 Å². The van der Waals surface area contributed by atoms with Crippen molar-refractivity contribution in [2.75, 3.05) is 0 Å². The van der Waals surface area contributed by atoms with E-state index in [-0.39, 0.29) is 0 Å². The van der Waals surface area contributed by atoms with Gasteiger partial charge in [0.2, 0.25) is 0 Å². The summed E-state index contributed by atoms with van der Waals surface area (Å²) >= 11 is -1.79. The Kier molecular flexibility index (Phi) is 6.07. The van der Waals surface area contributed by atoms with Gasteiger partial charge in [0.25, 0.3) is 0 Å². The Bertz CT molecular complexity index is 1050. The molecule has 3 aromatic rings. The summed E-state index contributed by atoms with van der Waals surface area (Å²) in [4.78, 5) is 16.0. The first-order valence-electron chi connectivity index (χ1n) is 8.19. The fourth-order valence-electron chi connectivity index (χ4n) is 2.94. The summed E-state index contributed by atoms with van der Waals surface area (Å²) in [5.41, 5.74) is 7.86. The molecular weight excluding hydrogens is 600 g/mol. The molecule has 2 aliphatic heterocycles. The van der Waals surface area contributed by atoms with Crippen molar-refractivity contribution < 1.29 is 15.2 Å². The standard InChI is InChI=1S/C20H14N4.Au.3ClH/c1-2-14-10-16-5-6-18(23-16)12-20-8-7-19(24-20)11-17-4-3-15(22-17)9-13(1)21-14;;;;/h1-12,21,24H;;3*1H/q;+3;;;/p-3. The average Bonchev–Trinajstić information content (AvgIpc) is 3.39. The number of rotatable bonds is 0. The number of aromatic amines is 2. The van der Waals surface area contributed by atoms with Crippen molar-refractivity contribution in [1.29, 1.82) is 0 Å². The van der Waals surface area contributed by atoms with Crippen molar-refractivity contribution >= 4 is 73.9 Å². The Hall–Kier alpha value is -1.79. The summed E-state index contributed by atoms with van der Waals surface area (Å²) in [5.74, 6) is 0. The molecule has 0 saturated heterocycles. The normalized spacial score (nSPS) is 12.5. The van der Waals surface area contributed by atoms with Crippen LogP contribution in [0.15, 0.2) is 48.5 Å². The second-order valence-electron chi connectivity index (χ2n) is 6.03. The molecule has 8 bridgehead atoms. The SMILES string of the molecule is C1=Cc2cc3ccc(cc4nc(cc5ccc(cc1n2)[nH]5)C=C4)[nH]3.[Cl][Au]([Cl])[Cl]. The van der Waals surface area contributed by atoms with Crippen LogP contribution >= 0.6 is 27.6 Å². The molecular formula is C20H14AuCl3N4. The van der Waals surface area contributed by atoms with Gasteiger partial charge < -0.3 is 9.97 Å². The zero-order valence-corrected chi connectivity index (χ0v) is 18.7. The summed E-state index contributed by atoms with van der Waals surface area (Å²) in [5, 5.41) is 0. The molecule has 0 aliphatic carbocycles. The fraction of sp³-hybridized carbons (Fsp3) is 0. The van der Waals surface area contributed by atoms with Crippen LogP contribution in [-0.4, -0.2) is 19.9 Å². The van der Waals surface area contributed by atoms with Crippen LogP contribution in [0.2, 0.25) is 0 Å². The van der Waals surface area contributed by atoms with E-state index in [0.29, 0.717) is 0 Å². The number of halogens is 3. The molecule has 146 valence electrons. The number of hydrogen-bond donors (Lipinski definition) is 2. The van der Waals surface area contributed by atoms with Crippen molar-refractivity contribution in [3.05, 3.63) is 71.3 Å². The molecule has 0 saturated carbocycles. The first-order chi connectivity index (χ1) is 13.5. The Morgan fingerprint density at radius 2 is 0.786 bits per heavy atom. The molecule has 0 radical (unpaired) electrons. The van der Waals surface area contributed by atoms with E-state index < -0.39 is 15.2 Å². The third kappa shape index (κ3) is 5.17. The van der Waals surface area contributed by atoms with E-state index in [4.69, 9.17) is 27.6 Å². The van der Waals surface area contributed by atoms with Crippen molar-refractivity contribution in [3.63, 3.8) is 0 Å². The number of fused-ring (bicyclic) bond motifs is 8. The van der Waals surface area contributed by atoms with Gasteiger partial charge in [-0.1, -0.05) is 0 Å². The minimum atomic E-state index is -1.79. The summed E-state index contributed by atoms with van der Waals surface area (Å²) in [6.45, 7) is 0. The van der Waals surface area contributed by atoms with E-state index in [1.807, 2.05) is 48.6 Å². The first kappa shape index (κ1) is 19.5. The van der Waals surface area contributed by atoms with Crippen molar-refractivity contribution in [3.8, 4) is 0 Å². The van der Waals surface area contributed by atoms with Gasteiger partial charge in [-0.25, -0.2) is 9.97 Å². The molecule has 4 nitrogen and oxygen atoms in total. The van der Waals surface area contributed by atoms with Gasteiger partial charge in [-0.2, -0.15) is 0 Å². The van der Waals surface area contributed by atoms with Gasteiger partial charge in [-0.15, -0.1) is 0 Å². The van der Waals surface area contributed by atoms with E-state index in [2.05, 4.69) is 44.2 Å². The quantitative estimate of drug-likeness (QED) is 0.191. The Morgan fingerprint density at radius 1 is 0.536 bits per heavy atom. The van der Waals surface area contributed by atoms with Gasteiger partial charge in [-0.3, -0.25) is 0 Å². The predicted molar refractivity (Wildman–Crippen MR) is 116 cm³/mol.